The number of nitrogens with one attached hydrogen (secondary N) is 2. The second-order valence-electron chi connectivity index (χ2n) is 6.88. The third-order valence-electron chi connectivity index (χ3n) is 3.87. The number of alkyl carbamates (subject to hydrolysis) is 1. The van der Waals surface area contributed by atoms with E-state index < -0.39 is 18.0 Å². The summed E-state index contributed by atoms with van der Waals surface area (Å²) in [6.45, 7) is 9.14. The maximum Gasteiger partial charge on any atom is 0.414 e. The normalized spacial score (nSPS) is 13.8. The van der Waals surface area contributed by atoms with E-state index in [2.05, 4.69) is 10.6 Å². The quantitative estimate of drug-likeness (QED) is 0.775. The summed E-state index contributed by atoms with van der Waals surface area (Å²) in [4.78, 5) is 24.1. The lowest BCUT2D eigenvalue weighted by Gasteiger charge is -2.24. The van der Waals surface area contributed by atoms with E-state index >= 15 is 0 Å². The summed E-state index contributed by atoms with van der Waals surface area (Å²) >= 11 is 6.01. The number of imide groups is 1. The fourth-order valence-corrected chi connectivity index (χ4v) is 2.77. The summed E-state index contributed by atoms with van der Waals surface area (Å²) in [5.41, 5.74) is 0.726. The van der Waals surface area contributed by atoms with Crippen LogP contribution >= 0.6 is 11.6 Å². The lowest BCUT2D eigenvalue weighted by Crippen LogP contribution is -2.50. The molecule has 1 heterocycles. The molecule has 1 unspecified atom stereocenters. The molecule has 2 rings (SSSR count). The van der Waals surface area contributed by atoms with E-state index in [1.165, 1.54) is 0 Å². The number of furan rings is 1. The van der Waals surface area contributed by atoms with Crippen molar-refractivity contribution in [3.63, 3.8) is 0 Å². The van der Waals surface area contributed by atoms with E-state index in [4.69, 9.17) is 20.8 Å². The highest BCUT2D eigenvalue weighted by Crippen LogP contribution is 2.27. The number of benzene rings is 1. The Kier molecular flexibility index (Phi) is 6.67. The van der Waals surface area contributed by atoms with Crippen molar-refractivity contribution in [2.24, 2.45) is 5.92 Å². The summed E-state index contributed by atoms with van der Waals surface area (Å²) in [5.74, 6) is 0.213. The number of ether oxygens (including phenoxy) is 1. The molecule has 1 aromatic heterocycles. The minimum absolute atomic E-state index is 0.0388. The molecule has 2 N–H and O–H groups in total. The highest BCUT2D eigenvalue weighted by atomic mass is 35.5. The number of halogens is 1. The van der Waals surface area contributed by atoms with Gasteiger partial charge in [0.15, 0.2) is 0 Å². The Balaban J connectivity index is 2.09. The first kappa shape index (κ1) is 20.3. The van der Waals surface area contributed by atoms with Crippen LogP contribution in [-0.2, 0) is 9.53 Å². The van der Waals surface area contributed by atoms with Gasteiger partial charge in [0.2, 0.25) is 5.91 Å². The first-order valence-corrected chi connectivity index (χ1v) is 9.01. The zero-order valence-electron chi connectivity index (χ0n) is 15.6. The van der Waals surface area contributed by atoms with Crippen molar-refractivity contribution in [2.75, 3.05) is 0 Å². The smallest absolute Gasteiger partial charge is 0.414 e. The van der Waals surface area contributed by atoms with Gasteiger partial charge in [-0.3, -0.25) is 15.4 Å². The van der Waals surface area contributed by atoms with Crippen LogP contribution < -0.4 is 10.6 Å². The van der Waals surface area contributed by atoms with Crippen LogP contribution in [-0.4, -0.2) is 24.1 Å². The molecule has 2 atom stereocenters. The molecule has 0 aliphatic carbocycles. The largest absolute Gasteiger partial charge is 0.459 e. The van der Waals surface area contributed by atoms with Gasteiger partial charge >= 0.3 is 6.09 Å². The number of carbonyl (C=O) groups excluding carboxylic acids is 2. The molecule has 2 aromatic rings. The zero-order valence-corrected chi connectivity index (χ0v) is 16.4. The van der Waals surface area contributed by atoms with E-state index in [1.807, 2.05) is 39.0 Å². The topological polar surface area (TPSA) is 80.6 Å². The van der Waals surface area contributed by atoms with Crippen LogP contribution in [0, 0.1) is 5.92 Å². The zero-order chi connectivity index (χ0) is 19.4. The Morgan fingerprint density at radius 2 is 1.81 bits per heavy atom. The lowest BCUT2D eigenvalue weighted by molar-refractivity contribution is -0.123. The Labute approximate surface area is 158 Å². The molecular formula is C19H25ClN2O4. The highest BCUT2D eigenvalue weighted by molar-refractivity contribution is 6.31. The molecule has 7 heteroatoms. The van der Waals surface area contributed by atoms with Gasteiger partial charge in [0.1, 0.15) is 11.3 Å². The van der Waals surface area contributed by atoms with Crippen molar-refractivity contribution in [3.05, 3.63) is 35.0 Å². The minimum atomic E-state index is -0.747. The van der Waals surface area contributed by atoms with Gasteiger partial charge in [0, 0.05) is 10.4 Å². The predicted octanol–water partition coefficient (Wildman–Crippen LogP) is 4.42. The molecule has 0 saturated carbocycles. The third-order valence-corrected chi connectivity index (χ3v) is 4.11. The second kappa shape index (κ2) is 8.56. The Morgan fingerprint density at radius 3 is 2.42 bits per heavy atom. The predicted molar refractivity (Wildman–Crippen MR) is 101 cm³/mol. The van der Waals surface area contributed by atoms with Crippen molar-refractivity contribution >= 4 is 34.6 Å². The molecular weight excluding hydrogens is 356 g/mol. The van der Waals surface area contributed by atoms with Crippen molar-refractivity contribution in [3.8, 4) is 0 Å². The number of amides is 2. The number of rotatable bonds is 6. The molecule has 0 bridgehead atoms. The summed E-state index contributed by atoms with van der Waals surface area (Å²) in [5, 5.41) is 7.02. The molecule has 0 aliphatic rings. The molecule has 0 fully saturated rings. The van der Waals surface area contributed by atoms with E-state index in [-0.39, 0.29) is 18.1 Å². The van der Waals surface area contributed by atoms with Crippen LogP contribution in [0.1, 0.15) is 46.4 Å². The van der Waals surface area contributed by atoms with Crippen molar-refractivity contribution in [1.29, 1.82) is 0 Å². The Morgan fingerprint density at radius 1 is 1.12 bits per heavy atom. The average Bonchev–Trinajstić information content (AvgIpc) is 2.94. The van der Waals surface area contributed by atoms with Gasteiger partial charge in [-0.05, 0) is 51.0 Å². The summed E-state index contributed by atoms with van der Waals surface area (Å²) < 4.78 is 10.8. The Hall–Kier alpha value is -2.05. The minimum Gasteiger partial charge on any atom is -0.459 e. The van der Waals surface area contributed by atoms with Gasteiger partial charge in [0.25, 0.3) is 0 Å². The highest BCUT2D eigenvalue weighted by Gasteiger charge is 2.27. The van der Waals surface area contributed by atoms with Gasteiger partial charge in [-0.1, -0.05) is 25.4 Å². The number of hydrogen-bond acceptors (Lipinski definition) is 5. The van der Waals surface area contributed by atoms with Crippen molar-refractivity contribution in [2.45, 2.75) is 52.8 Å². The van der Waals surface area contributed by atoms with E-state index in [1.54, 1.807) is 19.9 Å². The molecule has 142 valence electrons. The number of fused-ring (bicyclic) bond motifs is 1. The van der Waals surface area contributed by atoms with Crippen LogP contribution in [0.4, 0.5) is 4.79 Å². The Bertz CT molecular complexity index is 785. The molecule has 26 heavy (non-hydrogen) atoms. The summed E-state index contributed by atoms with van der Waals surface area (Å²) in [6, 6.07) is 6.47. The van der Waals surface area contributed by atoms with Gasteiger partial charge in [-0.2, -0.15) is 0 Å². The first-order valence-electron chi connectivity index (χ1n) is 8.64. The van der Waals surface area contributed by atoms with Gasteiger partial charge < -0.3 is 9.15 Å². The maximum absolute atomic E-state index is 12.4. The van der Waals surface area contributed by atoms with Crippen molar-refractivity contribution < 1.29 is 18.7 Å². The lowest BCUT2D eigenvalue weighted by atomic mass is 10.0. The first-order chi connectivity index (χ1) is 12.2. The van der Waals surface area contributed by atoms with Crippen molar-refractivity contribution in [1.82, 2.24) is 10.6 Å². The molecule has 0 saturated heterocycles. The molecule has 1 aromatic carbocycles. The fraction of sp³-hybridized carbons (Fsp3) is 0.474. The van der Waals surface area contributed by atoms with Gasteiger partial charge in [-0.25, -0.2) is 4.79 Å². The second-order valence-corrected chi connectivity index (χ2v) is 7.32. The maximum atomic E-state index is 12.4. The van der Waals surface area contributed by atoms with E-state index in [0.717, 1.165) is 11.0 Å². The standard InChI is InChI=1S/C19H25ClN2O4/c1-10(2)17(18(23)22-19(24)25-11(3)4)21-12(5)16-9-13-8-14(20)6-7-15(13)26-16/h6-12,17,21H,1-5H3,(H,22,23,24)/t12?,17-/m0/s1. The summed E-state index contributed by atoms with van der Waals surface area (Å²) in [7, 11) is 0. The van der Waals surface area contributed by atoms with E-state index in [9.17, 15) is 9.59 Å². The fourth-order valence-electron chi connectivity index (χ4n) is 2.59. The van der Waals surface area contributed by atoms with Crippen LogP contribution in [0.25, 0.3) is 11.0 Å². The van der Waals surface area contributed by atoms with Gasteiger partial charge in [-0.15, -0.1) is 0 Å². The number of hydrogen-bond donors (Lipinski definition) is 2. The molecule has 0 spiro atoms. The SMILES string of the molecule is CC(C)OC(=O)NC(=O)[C@@H](NC(C)c1cc2cc(Cl)ccc2o1)C(C)C. The van der Waals surface area contributed by atoms with Gasteiger partial charge in [0.05, 0.1) is 18.2 Å². The number of carbonyl (C=O) groups is 2. The van der Waals surface area contributed by atoms with Crippen LogP contribution in [0.15, 0.2) is 28.7 Å². The third kappa shape index (κ3) is 5.22. The van der Waals surface area contributed by atoms with Crippen LogP contribution in [0.3, 0.4) is 0 Å². The molecule has 0 radical (unpaired) electrons. The average molecular weight is 381 g/mol. The van der Waals surface area contributed by atoms with Crippen LogP contribution in [0.2, 0.25) is 5.02 Å². The van der Waals surface area contributed by atoms with E-state index in [0.29, 0.717) is 10.8 Å². The molecule has 6 nitrogen and oxygen atoms in total. The monoisotopic (exact) mass is 380 g/mol. The summed E-state index contributed by atoms with van der Waals surface area (Å²) in [6.07, 6.45) is -1.04. The molecule has 2 amide bonds. The van der Waals surface area contributed by atoms with Crippen LogP contribution in [0.5, 0.6) is 0 Å². The molecule has 0 aliphatic heterocycles.